The van der Waals surface area contributed by atoms with Crippen LogP contribution >= 0.6 is 23.2 Å². The Balaban J connectivity index is 2.62. The summed E-state index contributed by atoms with van der Waals surface area (Å²) in [5.41, 5.74) is 1.45. The van der Waals surface area contributed by atoms with Crippen LogP contribution in [0, 0.1) is 12.7 Å². The lowest BCUT2D eigenvalue weighted by molar-refractivity contribution is 0.627. The molecule has 2 aromatic rings. The Hall–Kier alpha value is -1.19. The van der Waals surface area contributed by atoms with E-state index in [4.69, 9.17) is 23.2 Å². The molecule has 0 amide bonds. The maximum atomic E-state index is 13.1. The minimum absolute atomic E-state index is 0.235. The molecule has 0 fully saturated rings. The molecule has 82 valence electrons. The van der Waals surface area contributed by atoms with Crippen LogP contribution in [0.5, 0.6) is 0 Å². The van der Waals surface area contributed by atoms with E-state index < -0.39 is 0 Å². The van der Waals surface area contributed by atoms with Crippen molar-refractivity contribution in [2.24, 2.45) is 0 Å². The van der Waals surface area contributed by atoms with Crippen LogP contribution in [0.15, 0.2) is 24.3 Å². The van der Waals surface area contributed by atoms with Crippen LogP contribution in [0.1, 0.15) is 5.56 Å². The molecule has 0 saturated carbocycles. The smallest absolute Gasteiger partial charge is 0.162 e. The molecule has 1 aromatic carbocycles. The summed E-state index contributed by atoms with van der Waals surface area (Å²) >= 11 is 11.5. The third-order valence-electron chi connectivity index (χ3n) is 2.10. The molecule has 0 aliphatic rings. The van der Waals surface area contributed by atoms with Gasteiger partial charge in [-0.2, -0.15) is 0 Å². The van der Waals surface area contributed by atoms with Gasteiger partial charge in [-0.15, -0.1) is 0 Å². The normalized spacial score (nSPS) is 10.5. The largest absolute Gasteiger partial charge is 0.216 e. The van der Waals surface area contributed by atoms with Gasteiger partial charge in [0.1, 0.15) is 16.1 Å². The third-order valence-corrected chi connectivity index (χ3v) is 2.49. The molecule has 5 heteroatoms. The molecule has 2 nitrogen and oxygen atoms in total. The van der Waals surface area contributed by atoms with Gasteiger partial charge in [-0.1, -0.05) is 29.3 Å². The molecule has 0 N–H and O–H groups in total. The highest BCUT2D eigenvalue weighted by Gasteiger charge is 2.08. The lowest BCUT2D eigenvalue weighted by Gasteiger charge is -2.05. The average molecular weight is 257 g/mol. The molecule has 0 atom stereocenters. The molecule has 0 unspecified atom stereocenters. The highest BCUT2D eigenvalue weighted by Crippen LogP contribution is 2.24. The van der Waals surface area contributed by atoms with E-state index in [0.717, 1.165) is 5.56 Å². The van der Waals surface area contributed by atoms with E-state index >= 15 is 0 Å². The molecule has 2 rings (SSSR count). The molecule has 0 radical (unpaired) electrons. The summed E-state index contributed by atoms with van der Waals surface area (Å²) in [5, 5.41) is 0.470. The van der Waals surface area contributed by atoms with E-state index in [1.165, 1.54) is 18.2 Å². The monoisotopic (exact) mass is 256 g/mol. The molecule has 0 saturated heterocycles. The lowest BCUT2D eigenvalue weighted by Crippen LogP contribution is -1.93. The van der Waals surface area contributed by atoms with Gasteiger partial charge in [0.2, 0.25) is 0 Å². The number of nitrogens with zero attached hydrogens (tertiary/aromatic N) is 2. The van der Waals surface area contributed by atoms with Gasteiger partial charge in [0.25, 0.3) is 0 Å². The van der Waals surface area contributed by atoms with Crippen molar-refractivity contribution in [2.45, 2.75) is 6.92 Å². The second-order valence-corrected chi connectivity index (χ2v) is 4.07. The topological polar surface area (TPSA) is 25.8 Å². The minimum atomic E-state index is -0.347. The molecule has 0 spiro atoms. The van der Waals surface area contributed by atoms with Gasteiger partial charge in [0.05, 0.1) is 0 Å². The predicted molar refractivity (Wildman–Crippen MR) is 62.2 cm³/mol. The molecule has 1 heterocycles. The molecule has 0 aliphatic heterocycles. The van der Waals surface area contributed by atoms with Crippen LogP contribution in [0.4, 0.5) is 4.39 Å². The van der Waals surface area contributed by atoms with Crippen LogP contribution < -0.4 is 0 Å². The maximum absolute atomic E-state index is 13.1. The Kier molecular flexibility index (Phi) is 3.08. The van der Waals surface area contributed by atoms with Crippen LogP contribution in [-0.2, 0) is 0 Å². The second-order valence-electron chi connectivity index (χ2n) is 3.30. The number of halogens is 3. The van der Waals surface area contributed by atoms with Gasteiger partial charge in [-0.05, 0) is 24.6 Å². The van der Waals surface area contributed by atoms with E-state index in [1.54, 1.807) is 6.07 Å². The summed E-state index contributed by atoms with van der Waals surface area (Å²) in [6.45, 7) is 1.84. The van der Waals surface area contributed by atoms with E-state index in [1.807, 2.05) is 6.92 Å². The summed E-state index contributed by atoms with van der Waals surface area (Å²) in [7, 11) is 0. The standard InChI is InChI=1S/C11H7Cl2FN2/c1-6-2-3-7(14)4-8(6)11-15-9(12)5-10(13)16-11/h2-5H,1H3. The lowest BCUT2D eigenvalue weighted by atomic mass is 10.1. The van der Waals surface area contributed by atoms with E-state index in [2.05, 4.69) is 9.97 Å². The first-order valence-corrected chi connectivity index (χ1v) is 5.28. The average Bonchev–Trinajstić information content (AvgIpc) is 2.20. The summed E-state index contributed by atoms with van der Waals surface area (Å²) in [6, 6.07) is 5.83. The Morgan fingerprint density at radius 1 is 1.06 bits per heavy atom. The number of hydrogen-bond acceptors (Lipinski definition) is 2. The molecular weight excluding hydrogens is 250 g/mol. The third kappa shape index (κ3) is 2.31. The Morgan fingerprint density at radius 2 is 1.69 bits per heavy atom. The molecule has 16 heavy (non-hydrogen) atoms. The van der Waals surface area contributed by atoms with Gasteiger partial charge < -0.3 is 0 Å². The highest BCUT2D eigenvalue weighted by molar-refractivity contribution is 6.33. The van der Waals surface area contributed by atoms with Crippen LogP contribution in [0.2, 0.25) is 10.3 Å². The van der Waals surface area contributed by atoms with Crippen LogP contribution in [0.3, 0.4) is 0 Å². The number of benzene rings is 1. The van der Waals surface area contributed by atoms with E-state index in [9.17, 15) is 4.39 Å². The number of hydrogen-bond donors (Lipinski definition) is 0. The van der Waals surface area contributed by atoms with Gasteiger partial charge in [0, 0.05) is 11.6 Å². The van der Waals surface area contributed by atoms with Gasteiger partial charge in [-0.3, -0.25) is 0 Å². The van der Waals surface area contributed by atoms with Gasteiger partial charge in [0.15, 0.2) is 5.82 Å². The van der Waals surface area contributed by atoms with Gasteiger partial charge >= 0.3 is 0 Å². The first kappa shape index (κ1) is 11.3. The quantitative estimate of drug-likeness (QED) is 0.724. The van der Waals surface area contributed by atoms with E-state index in [-0.39, 0.29) is 16.1 Å². The minimum Gasteiger partial charge on any atom is -0.216 e. The SMILES string of the molecule is Cc1ccc(F)cc1-c1nc(Cl)cc(Cl)n1. The Labute approximate surface area is 102 Å². The number of aryl methyl sites for hydroxylation is 1. The fourth-order valence-corrected chi connectivity index (χ4v) is 1.77. The van der Waals surface area contributed by atoms with Crippen molar-refractivity contribution in [1.82, 2.24) is 9.97 Å². The van der Waals surface area contributed by atoms with Crippen molar-refractivity contribution in [3.8, 4) is 11.4 Å². The fraction of sp³-hybridized carbons (Fsp3) is 0.0909. The van der Waals surface area contributed by atoms with Crippen molar-refractivity contribution in [1.29, 1.82) is 0 Å². The van der Waals surface area contributed by atoms with Crippen molar-refractivity contribution in [3.05, 3.63) is 46.0 Å². The highest BCUT2D eigenvalue weighted by atomic mass is 35.5. The second kappa shape index (κ2) is 4.36. The van der Waals surface area contributed by atoms with Crippen LogP contribution in [0.25, 0.3) is 11.4 Å². The molecule has 0 aliphatic carbocycles. The summed E-state index contributed by atoms with van der Waals surface area (Å²) < 4.78 is 13.1. The zero-order chi connectivity index (χ0) is 11.7. The first-order chi connectivity index (χ1) is 7.56. The zero-order valence-corrected chi connectivity index (χ0v) is 9.85. The Morgan fingerprint density at radius 3 is 2.31 bits per heavy atom. The molecule has 0 bridgehead atoms. The maximum Gasteiger partial charge on any atom is 0.162 e. The number of aromatic nitrogens is 2. The van der Waals surface area contributed by atoms with Crippen molar-refractivity contribution in [2.75, 3.05) is 0 Å². The van der Waals surface area contributed by atoms with Crippen LogP contribution in [-0.4, -0.2) is 9.97 Å². The summed E-state index contributed by atoms with van der Waals surface area (Å²) in [4.78, 5) is 8.02. The molecule has 1 aromatic heterocycles. The van der Waals surface area contributed by atoms with Gasteiger partial charge in [-0.25, -0.2) is 14.4 Å². The number of rotatable bonds is 1. The zero-order valence-electron chi connectivity index (χ0n) is 8.34. The summed E-state index contributed by atoms with van der Waals surface area (Å²) in [6.07, 6.45) is 0. The summed E-state index contributed by atoms with van der Waals surface area (Å²) in [5.74, 6) is -0.0187. The van der Waals surface area contributed by atoms with E-state index in [0.29, 0.717) is 11.4 Å². The first-order valence-electron chi connectivity index (χ1n) is 4.53. The predicted octanol–water partition coefficient (Wildman–Crippen LogP) is 3.90. The molecular formula is C11H7Cl2FN2. The van der Waals surface area contributed by atoms with Crippen molar-refractivity contribution >= 4 is 23.2 Å². The van der Waals surface area contributed by atoms with Crippen molar-refractivity contribution in [3.63, 3.8) is 0 Å². The Bertz CT molecular complexity index is 523. The fourth-order valence-electron chi connectivity index (χ4n) is 1.35. The van der Waals surface area contributed by atoms with Crippen molar-refractivity contribution < 1.29 is 4.39 Å².